The molecule has 5 heteroatoms. The van der Waals surface area contributed by atoms with Crippen LogP contribution in [0.2, 0.25) is 0 Å². The molecular formula is C22H26FN3O. The van der Waals surface area contributed by atoms with Gasteiger partial charge in [0.2, 0.25) is 0 Å². The molecule has 0 aromatic heterocycles. The average Bonchev–Trinajstić information content (AvgIpc) is 3.35. The van der Waals surface area contributed by atoms with E-state index >= 15 is 0 Å². The quantitative estimate of drug-likeness (QED) is 0.885. The summed E-state index contributed by atoms with van der Waals surface area (Å²) in [7, 11) is 0. The van der Waals surface area contributed by atoms with Crippen molar-refractivity contribution in [2.24, 2.45) is 0 Å². The molecule has 4 nitrogen and oxygen atoms in total. The molecule has 2 aromatic rings. The third kappa shape index (κ3) is 3.98. The number of hydrogen-bond acceptors (Lipinski definition) is 3. The van der Waals surface area contributed by atoms with Crippen molar-refractivity contribution < 1.29 is 9.18 Å². The van der Waals surface area contributed by atoms with Crippen LogP contribution in [0.3, 0.4) is 0 Å². The lowest BCUT2D eigenvalue weighted by Crippen LogP contribution is -2.35. The zero-order valence-electron chi connectivity index (χ0n) is 15.7. The molecule has 27 heavy (non-hydrogen) atoms. The summed E-state index contributed by atoms with van der Waals surface area (Å²) in [4.78, 5) is 17.4. The van der Waals surface area contributed by atoms with Crippen molar-refractivity contribution >= 4 is 17.3 Å². The van der Waals surface area contributed by atoms with Gasteiger partial charge in [0.15, 0.2) is 0 Å². The summed E-state index contributed by atoms with van der Waals surface area (Å²) in [6, 6.07) is 12.5. The first-order chi connectivity index (χ1) is 13.1. The summed E-state index contributed by atoms with van der Waals surface area (Å²) in [5.41, 5.74) is 3.50. The van der Waals surface area contributed by atoms with Crippen molar-refractivity contribution in [1.82, 2.24) is 4.90 Å². The van der Waals surface area contributed by atoms with E-state index in [-0.39, 0.29) is 11.7 Å². The van der Waals surface area contributed by atoms with E-state index in [0.29, 0.717) is 11.6 Å². The van der Waals surface area contributed by atoms with Crippen LogP contribution in [0.25, 0.3) is 0 Å². The van der Waals surface area contributed by atoms with E-state index in [1.54, 1.807) is 0 Å². The molecule has 142 valence electrons. The maximum atomic E-state index is 13.0. The van der Waals surface area contributed by atoms with Gasteiger partial charge in [0.1, 0.15) is 5.82 Å². The number of nitrogens with zero attached hydrogens (tertiary/aromatic N) is 2. The van der Waals surface area contributed by atoms with E-state index in [0.717, 1.165) is 24.3 Å². The summed E-state index contributed by atoms with van der Waals surface area (Å²) < 4.78 is 13.0. The number of benzene rings is 2. The third-order valence-corrected chi connectivity index (χ3v) is 5.75. The maximum Gasteiger partial charge on any atom is 0.255 e. The Balaban J connectivity index is 1.42. The molecule has 2 heterocycles. The van der Waals surface area contributed by atoms with Gasteiger partial charge in [-0.25, -0.2) is 4.39 Å². The number of aryl methyl sites for hydroxylation is 1. The first-order valence-corrected chi connectivity index (χ1v) is 9.77. The Hall–Kier alpha value is -2.40. The van der Waals surface area contributed by atoms with Gasteiger partial charge in [-0.05, 0) is 87.3 Å². The van der Waals surface area contributed by atoms with Crippen LogP contribution in [-0.4, -0.2) is 43.0 Å². The molecule has 0 saturated carbocycles. The highest BCUT2D eigenvalue weighted by molar-refractivity contribution is 6.04. The van der Waals surface area contributed by atoms with Crippen molar-refractivity contribution in [3.8, 4) is 0 Å². The molecule has 1 amide bonds. The van der Waals surface area contributed by atoms with Crippen LogP contribution in [0.5, 0.6) is 0 Å². The lowest BCUT2D eigenvalue weighted by atomic mass is 10.1. The molecule has 1 N–H and O–H groups in total. The standard InChI is InChI=1S/C22H26FN3O/c1-16-14-19(26-13-10-20(15-26)25-11-2-3-12-25)8-9-21(16)24-22(27)17-4-6-18(23)7-5-17/h4-9,14,20H,2-3,10-13,15H2,1H3,(H,24,27)/t20-/m0/s1. The van der Waals surface area contributed by atoms with Crippen molar-refractivity contribution in [3.05, 3.63) is 59.4 Å². The van der Waals surface area contributed by atoms with Gasteiger partial charge in [0.25, 0.3) is 5.91 Å². The number of carbonyl (C=O) groups excluding carboxylic acids is 1. The summed E-state index contributed by atoms with van der Waals surface area (Å²) in [6.45, 7) is 6.66. The molecule has 2 aromatic carbocycles. The second-order valence-corrected chi connectivity index (χ2v) is 7.59. The Kier molecular flexibility index (Phi) is 5.12. The van der Waals surface area contributed by atoms with E-state index in [2.05, 4.69) is 27.2 Å². The lowest BCUT2D eigenvalue weighted by molar-refractivity contribution is 0.102. The van der Waals surface area contributed by atoms with Crippen molar-refractivity contribution in [3.63, 3.8) is 0 Å². The van der Waals surface area contributed by atoms with Gasteiger partial charge in [0.05, 0.1) is 0 Å². The highest BCUT2D eigenvalue weighted by atomic mass is 19.1. The maximum absolute atomic E-state index is 13.0. The third-order valence-electron chi connectivity index (χ3n) is 5.75. The van der Waals surface area contributed by atoms with Crippen molar-refractivity contribution in [2.45, 2.75) is 32.2 Å². The number of carbonyl (C=O) groups is 1. The zero-order chi connectivity index (χ0) is 18.8. The van der Waals surface area contributed by atoms with E-state index in [9.17, 15) is 9.18 Å². The Morgan fingerprint density at radius 1 is 1.07 bits per heavy atom. The minimum atomic E-state index is -0.343. The normalized spacial score (nSPS) is 20.2. The fourth-order valence-corrected chi connectivity index (χ4v) is 4.16. The Labute approximate surface area is 160 Å². The molecule has 0 spiro atoms. The van der Waals surface area contributed by atoms with E-state index < -0.39 is 0 Å². The van der Waals surface area contributed by atoms with E-state index in [4.69, 9.17) is 0 Å². The number of halogens is 1. The Morgan fingerprint density at radius 3 is 2.52 bits per heavy atom. The van der Waals surface area contributed by atoms with Crippen LogP contribution in [-0.2, 0) is 0 Å². The number of likely N-dealkylation sites (tertiary alicyclic amines) is 1. The summed E-state index contributed by atoms with van der Waals surface area (Å²) >= 11 is 0. The van der Waals surface area contributed by atoms with Gasteiger partial charge in [-0.15, -0.1) is 0 Å². The molecule has 0 unspecified atom stereocenters. The predicted octanol–water partition coefficient (Wildman–Crippen LogP) is 4.06. The molecule has 2 saturated heterocycles. The van der Waals surface area contributed by atoms with Crippen LogP contribution in [0.4, 0.5) is 15.8 Å². The first kappa shape index (κ1) is 18.0. The van der Waals surface area contributed by atoms with Crippen LogP contribution >= 0.6 is 0 Å². The van der Waals surface area contributed by atoms with Gasteiger partial charge in [-0.1, -0.05) is 0 Å². The fraction of sp³-hybridized carbons (Fsp3) is 0.409. The molecule has 0 radical (unpaired) electrons. The van der Waals surface area contributed by atoms with Gasteiger partial charge in [-0.3, -0.25) is 9.69 Å². The number of hydrogen-bond donors (Lipinski definition) is 1. The van der Waals surface area contributed by atoms with Crippen LogP contribution < -0.4 is 10.2 Å². The van der Waals surface area contributed by atoms with Crippen LogP contribution in [0, 0.1) is 12.7 Å². The fourth-order valence-electron chi connectivity index (χ4n) is 4.16. The van der Waals surface area contributed by atoms with Crippen LogP contribution in [0.15, 0.2) is 42.5 Å². The molecule has 4 rings (SSSR count). The monoisotopic (exact) mass is 367 g/mol. The topological polar surface area (TPSA) is 35.6 Å². The number of anilines is 2. The molecule has 2 fully saturated rings. The largest absolute Gasteiger partial charge is 0.370 e. The van der Waals surface area contributed by atoms with E-state index in [1.165, 1.54) is 62.3 Å². The van der Waals surface area contributed by atoms with Gasteiger partial charge >= 0.3 is 0 Å². The molecule has 0 aliphatic carbocycles. The van der Waals surface area contributed by atoms with Gasteiger partial charge in [-0.2, -0.15) is 0 Å². The summed E-state index contributed by atoms with van der Waals surface area (Å²) in [5, 5.41) is 2.93. The minimum Gasteiger partial charge on any atom is -0.370 e. The summed E-state index contributed by atoms with van der Waals surface area (Å²) in [6.07, 6.45) is 3.89. The zero-order valence-corrected chi connectivity index (χ0v) is 15.7. The second-order valence-electron chi connectivity index (χ2n) is 7.59. The van der Waals surface area contributed by atoms with E-state index in [1.807, 2.05) is 13.0 Å². The highest BCUT2D eigenvalue weighted by Gasteiger charge is 2.29. The van der Waals surface area contributed by atoms with Gasteiger partial charge < -0.3 is 10.2 Å². The Bertz CT molecular complexity index is 815. The van der Waals surface area contributed by atoms with Crippen LogP contribution in [0.1, 0.15) is 35.2 Å². The summed E-state index contributed by atoms with van der Waals surface area (Å²) in [5.74, 6) is -0.564. The molecular weight excluding hydrogens is 341 g/mol. The lowest BCUT2D eigenvalue weighted by Gasteiger charge is -2.25. The molecule has 1 atom stereocenters. The number of amides is 1. The molecule has 2 aliphatic rings. The minimum absolute atomic E-state index is 0.221. The molecule has 0 bridgehead atoms. The van der Waals surface area contributed by atoms with Gasteiger partial charge in [0, 0.05) is 36.1 Å². The van der Waals surface area contributed by atoms with Crippen molar-refractivity contribution in [2.75, 3.05) is 36.4 Å². The molecule has 2 aliphatic heterocycles. The first-order valence-electron chi connectivity index (χ1n) is 9.77. The average molecular weight is 367 g/mol. The highest BCUT2D eigenvalue weighted by Crippen LogP contribution is 2.28. The smallest absolute Gasteiger partial charge is 0.255 e. The number of rotatable bonds is 4. The SMILES string of the molecule is Cc1cc(N2CC[C@H](N3CCCC3)C2)ccc1NC(=O)c1ccc(F)cc1. The number of nitrogens with one attached hydrogen (secondary N) is 1. The Morgan fingerprint density at radius 2 is 1.81 bits per heavy atom. The van der Waals surface area contributed by atoms with Crippen molar-refractivity contribution in [1.29, 1.82) is 0 Å². The second kappa shape index (κ2) is 7.69. The predicted molar refractivity (Wildman–Crippen MR) is 107 cm³/mol.